The summed E-state index contributed by atoms with van der Waals surface area (Å²) in [6.07, 6.45) is 1.75. The molecule has 0 fully saturated rings. The molecular formula is C7H10N2. The van der Waals surface area contributed by atoms with Crippen molar-refractivity contribution in [3.8, 4) is 0 Å². The van der Waals surface area contributed by atoms with E-state index in [1.807, 2.05) is 13.8 Å². The maximum atomic E-state index is 3.99. The molecule has 48 valence electrons. The minimum atomic E-state index is 0.951. The van der Waals surface area contributed by atoms with Crippen LogP contribution in [0.4, 0.5) is 0 Å². The minimum absolute atomic E-state index is 0.951. The van der Waals surface area contributed by atoms with Crippen molar-refractivity contribution in [3.05, 3.63) is 23.5 Å². The molecule has 1 aromatic heterocycles. The first-order valence-corrected chi connectivity index (χ1v) is 2.89. The van der Waals surface area contributed by atoms with Gasteiger partial charge in [0.2, 0.25) is 0 Å². The van der Waals surface area contributed by atoms with Crippen LogP contribution in [0.3, 0.4) is 0 Å². The first kappa shape index (κ1) is 6.08. The number of nitrogens with one attached hydrogen (secondary N) is 1. The van der Waals surface area contributed by atoms with Gasteiger partial charge in [-0.2, -0.15) is 5.10 Å². The van der Waals surface area contributed by atoms with Gasteiger partial charge in [0.15, 0.2) is 0 Å². The lowest BCUT2D eigenvalue weighted by atomic mass is 10.2. The molecule has 1 heterocycles. The van der Waals surface area contributed by atoms with Crippen LogP contribution in [-0.4, -0.2) is 10.2 Å². The monoisotopic (exact) mass is 122 g/mol. The van der Waals surface area contributed by atoms with Gasteiger partial charge in [-0.15, -0.1) is 0 Å². The van der Waals surface area contributed by atoms with E-state index in [9.17, 15) is 0 Å². The summed E-state index contributed by atoms with van der Waals surface area (Å²) in [7, 11) is 0. The molecule has 1 aromatic rings. The molecule has 0 aliphatic rings. The third-order valence-corrected chi connectivity index (χ3v) is 1.48. The molecular weight excluding hydrogens is 112 g/mol. The summed E-state index contributed by atoms with van der Waals surface area (Å²) in [5.41, 5.74) is 3.25. The van der Waals surface area contributed by atoms with Crippen LogP contribution < -0.4 is 0 Å². The van der Waals surface area contributed by atoms with E-state index in [2.05, 4.69) is 16.8 Å². The zero-order valence-corrected chi connectivity index (χ0v) is 5.73. The Morgan fingerprint density at radius 1 is 1.56 bits per heavy atom. The van der Waals surface area contributed by atoms with Gasteiger partial charge in [-0.3, -0.25) is 5.10 Å². The molecule has 0 aromatic carbocycles. The van der Waals surface area contributed by atoms with Gasteiger partial charge in [0.25, 0.3) is 0 Å². The SMILES string of the molecule is C=Cc1n[nH]c(C)c1C. The zero-order chi connectivity index (χ0) is 6.85. The van der Waals surface area contributed by atoms with Crippen molar-refractivity contribution in [2.45, 2.75) is 13.8 Å². The lowest BCUT2D eigenvalue weighted by Crippen LogP contribution is -1.73. The Hall–Kier alpha value is -1.05. The molecule has 2 heteroatoms. The predicted octanol–water partition coefficient (Wildman–Crippen LogP) is 1.67. The number of nitrogens with zero attached hydrogens (tertiary/aromatic N) is 1. The second kappa shape index (κ2) is 2.05. The molecule has 0 radical (unpaired) electrons. The van der Waals surface area contributed by atoms with Gasteiger partial charge < -0.3 is 0 Å². The summed E-state index contributed by atoms with van der Waals surface area (Å²) in [4.78, 5) is 0. The Morgan fingerprint density at radius 2 is 2.22 bits per heavy atom. The molecule has 0 spiro atoms. The van der Waals surface area contributed by atoms with Crippen LogP contribution >= 0.6 is 0 Å². The Labute approximate surface area is 54.6 Å². The predicted molar refractivity (Wildman–Crippen MR) is 38.2 cm³/mol. The first-order valence-electron chi connectivity index (χ1n) is 2.89. The molecule has 0 atom stereocenters. The van der Waals surface area contributed by atoms with Crippen LogP contribution in [-0.2, 0) is 0 Å². The van der Waals surface area contributed by atoms with Crippen molar-refractivity contribution in [3.63, 3.8) is 0 Å². The molecule has 1 N–H and O–H groups in total. The van der Waals surface area contributed by atoms with E-state index in [4.69, 9.17) is 0 Å². The molecule has 0 saturated heterocycles. The van der Waals surface area contributed by atoms with E-state index in [1.54, 1.807) is 6.08 Å². The molecule has 0 aliphatic carbocycles. The van der Waals surface area contributed by atoms with Gasteiger partial charge in [0.1, 0.15) is 0 Å². The molecule has 2 nitrogen and oxygen atoms in total. The summed E-state index contributed by atoms with van der Waals surface area (Å²) in [5, 5.41) is 6.86. The lowest BCUT2D eigenvalue weighted by molar-refractivity contribution is 1.04. The second-order valence-corrected chi connectivity index (χ2v) is 2.06. The van der Waals surface area contributed by atoms with E-state index >= 15 is 0 Å². The summed E-state index contributed by atoms with van der Waals surface area (Å²) in [6.45, 7) is 7.64. The highest BCUT2D eigenvalue weighted by Gasteiger charge is 1.98. The summed E-state index contributed by atoms with van der Waals surface area (Å²) in [6, 6.07) is 0. The van der Waals surface area contributed by atoms with E-state index in [0.29, 0.717) is 0 Å². The first-order chi connectivity index (χ1) is 4.25. The van der Waals surface area contributed by atoms with Crippen LogP contribution in [0, 0.1) is 13.8 Å². The Bertz CT molecular complexity index is 223. The average Bonchev–Trinajstić information content (AvgIpc) is 2.15. The third kappa shape index (κ3) is 0.875. The van der Waals surface area contributed by atoms with Crippen LogP contribution in [0.25, 0.3) is 6.08 Å². The van der Waals surface area contributed by atoms with Crippen molar-refractivity contribution in [1.29, 1.82) is 0 Å². The van der Waals surface area contributed by atoms with Gasteiger partial charge in [-0.25, -0.2) is 0 Å². The van der Waals surface area contributed by atoms with Crippen molar-refractivity contribution < 1.29 is 0 Å². The minimum Gasteiger partial charge on any atom is -0.282 e. The third-order valence-electron chi connectivity index (χ3n) is 1.48. The topological polar surface area (TPSA) is 28.7 Å². The average molecular weight is 122 g/mol. The molecule has 0 amide bonds. The van der Waals surface area contributed by atoms with Crippen molar-refractivity contribution >= 4 is 6.08 Å². The summed E-state index contributed by atoms with van der Waals surface area (Å²) >= 11 is 0. The normalized spacial score (nSPS) is 9.56. The lowest BCUT2D eigenvalue weighted by Gasteiger charge is -1.85. The fourth-order valence-corrected chi connectivity index (χ4v) is 0.703. The number of H-pyrrole nitrogens is 1. The highest BCUT2D eigenvalue weighted by Crippen LogP contribution is 2.07. The van der Waals surface area contributed by atoms with Crippen molar-refractivity contribution in [2.75, 3.05) is 0 Å². The number of hydrogen-bond donors (Lipinski definition) is 1. The van der Waals surface area contributed by atoms with Gasteiger partial charge in [0.05, 0.1) is 5.69 Å². The highest BCUT2D eigenvalue weighted by molar-refractivity contribution is 5.47. The molecule has 1 rings (SSSR count). The number of rotatable bonds is 1. The number of aromatic nitrogens is 2. The number of aromatic amines is 1. The van der Waals surface area contributed by atoms with Crippen molar-refractivity contribution in [2.24, 2.45) is 0 Å². The fraction of sp³-hybridized carbons (Fsp3) is 0.286. The van der Waals surface area contributed by atoms with Crippen LogP contribution in [0.1, 0.15) is 17.0 Å². The van der Waals surface area contributed by atoms with E-state index < -0.39 is 0 Å². The largest absolute Gasteiger partial charge is 0.282 e. The highest BCUT2D eigenvalue weighted by atomic mass is 15.1. The number of aryl methyl sites for hydroxylation is 1. The quantitative estimate of drug-likeness (QED) is 0.603. The van der Waals surface area contributed by atoms with E-state index in [1.165, 1.54) is 5.56 Å². The number of hydrogen-bond acceptors (Lipinski definition) is 1. The molecule has 9 heavy (non-hydrogen) atoms. The maximum Gasteiger partial charge on any atom is 0.0874 e. The molecule has 0 saturated carbocycles. The van der Waals surface area contributed by atoms with Gasteiger partial charge in [-0.1, -0.05) is 6.58 Å². The van der Waals surface area contributed by atoms with Crippen LogP contribution in [0.5, 0.6) is 0 Å². The Balaban J connectivity index is 3.18. The molecule has 0 bridgehead atoms. The smallest absolute Gasteiger partial charge is 0.0874 e. The van der Waals surface area contributed by atoms with E-state index in [0.717, 1.165) is 11.4 Å². The van der Waals surface area contributed by atoms with E-state index in [-0.39, 0.29) is 0 Å². The van der Waals surface area contributed by atoms with Gasteiger partial charge >= 0.3 is 0 Å². The Kier molecular flexibility index (Phi) is 1.39. The summed E-state index contributed by atoms with van der Waals surface area (Å²) in [5.74, 6) is 0. The maximum absolute atomic E-state index is 3.99. The van der Waals surface area contributed by atoms with Crippen molar-refractivity contribution in [1.82, 2.24) is 10.2 Å². The van der Waals surface area contributed by atoms with Crippen LogP contribution in [0.2, 0.25) is 0 Å². The van der Waals surface area contributed by atoms with Gasteiger partial charge in [0, 0.05) is 5.69 Å². The Morgan fingerprint density at radius 3 is 2.44 bits per heavy atom. The van der Waals surface area contributed by atoms with Gasteiger partial charge in [-0.05, 0) is 25.5 Å². The second-order valence-electron chi connectivity index (χ2n) is 2.06. The fourth-order valence-electron chi connectivity index (χ4n) is 0.703. The molecule has 0 aliphatic heterocycles. The standard InChI is InChI=1S/C7H10N2/c1-4-7-5(2)6(3)8-9-7/h4H,1H2,2-3H3,(H,8,9). The molecule has 0 unspecified atom stereocenters. The van der Waals surface area contributed by atoms with Crippen LogP contribution in [0.15, 0.2) is 6.58 Å². The zero-order valence-electron chi connectivity index (χ0n) is 5.73. The summed E-state index contributed by atoms with van der Waals surface area (Å²) < 4.78 is 0.